The van der Waals surface area contributed by atoms with Gasteiger partial charge in [0.25, 0.3) is 0 Å². The predicted octanol–water partition coefficient (Wildman–Crippen LogP) is 3.88. The van der Waals surface area contributed by atoms with E-state index in [0.717, 1.165) is 36.6 Å². The molecular weight excluding hydrogens is 282 g/mol. The Hall–Kier alpha value is -1.68. The molecule has 0 N–H and O–H groups in total. The molecule has 0 spiro atoms. The number of hydrogen-bond donors (Lipinski definition) is 0. The summed E-state index contributed by atoms with van der Waals surface area (Å²) in [7, 11) is 0. The number of amides is 1. The summed E-state index contributed by atoms with van der Waals surface area (Å²) in [6, 6.07) is 12.0. The van der Waals surface area contributed by atoms with Gasteiger partial charge in [0, 0.05) is 12.2 Å². The molecule has 110 valence electrons. The quantitative estimate of drug-likeness (QED) is 0.840. The Morgan fingerprint density at radius 2 is 2.19 bits per heavy atom. The number of nitrogens with zero attached hydrogens (tertiary/aromatic N) is 1. The van der Waals surface area contributed by atoms with E-state index in [-0.39, 0.29) is 11.2 Å². The van der Waals surface area contributed by atoms with Crippen LogP contribution in [0.15, 0.2) is 47.1 Å². The first kappa shape index (κ1) is 14.3. The molecule has 1 atom stereocenters. The highest BCUT2D eigenvalue weighted by Crippen LogP contribution is 2.31. The maximum absolute atomic E-state index is 12.8. The summed E-state index contributed by atoms with van der Waals surface area (Å²) in [5, 5.41) is -0.0127. The SMILES string of the molecule is CCC(SCc1ccco1)C(=O)N1CCc2ccccc21. The molecule has 3 nitrogen and oxygen atoms in total. The number of carbonyl (C=O) groups excluding carboxylic acids is 1. The molecule has 21 heavy (non-hydrogen) atoms. The Kier molecular flexibility index (Phi) is 4.34. The number of fused-ring (bicyclic) bond motifs is 1. The number of anilines is 1. The van der Waals surface area contributed by atoms with Crippen LogP contribution in [0.25, 0.3) is 0 Å². The minimum atomic E-state index is -0.0127. The van der Waals surface area contributed by atoms with Crippen molar-refractivity contribution < 1.29 is 9.21 Å². The van der Waals surface area contributed by atoms with E-state index in [0.29, 0.717) is 0 Å². The van der Waals surface area contributed by atoms with E-state index < -0.39 is 0 Å². The molecule has 1 aromatic heterocycles. The molecule has 1 aliphatic heterocycles. The largest absolute Gasteiger partial charge is 0.468 e. The lowest BCUT2D eigenvalue weighted by Crippen LogP contribution is -2.36. The fourth-order valence-electron chi connectivity index (χ4n) is 2.68. The van der Waals surface area contributed by atoms with Crippen molar-refractivity contribution in [1.29, 1.82) is 0 Å². The maximum atomic E-state index is 12.8. The second kappa shape index (κ2) is 6.39. The van der Waals surface area contributed by atoms with Crippen LogP contribution in [0.4, 0.5) is 5.69 Å². The predicted molar refractivity (Wildman–Crippen MR) is 86.6 cm³/mol. The first-order valence-corrected chi connectivity index (χ1v) is 8.37. The lowest BCUT2D eigenvalue weighted by molar-refractivity contribution is -0.118. The van der Waals surface area contributed by atoms with Crippen LogP contribution in [0, 0.1) is 0 Å². The molecule has 0 bridgehead atoms. The molecule has 2 aromatic rings. The zero-order valence-corrected chi connectivity index (χ0v) is 12.9. The van der Waals surface area contributed by atoms with Gasteiger partial charge in [-0.3, -0.25) is 4.79 Å². The lowest BCUT2D eigenvalue weighted by atomic mass is 10.2. The molecule has 0 aliphatic carbocycles. The lowest BCUT2D eigenvalue weighted by Gasteiger charge is -2.22. The Labute approximate surface area is 129 Å². The van der Waals surface area contributed by atoms with E-state index in [4.69, 9.17) is 4.42 Å². The van der Waals surface area contributed by atoms with Crippen LogP contribution in [0.2, 0.25) is 0 Å². The van der Waals surface area contributed by atoms with Gasteiger partial charge in [0.2, 0.25) is 5.91 Å². The molecule has 1 amide bonds. The number of furan rings is 1. The summed E-state index contributed by atoms with van der Waals surface area (Å²) >= 11 is 1.66. The summed E-state index contributed by atoms with van der Waals surface area (Å²) < 4.78 is 5.34. The number of rotatable bonds is 5. The van der Waals surface area contributed by atoms with Crippen molar-refractivity contribution in [1.82, 2.24) is 0 Å². The second-order valence-electron chi connectivity index (χ2n) is 5.16. The third kappa shape index (κ3) is 3.00. The second-order valence-corrected chi connectivity index (χ2v) is 6.35. The molecule has 0 fully saturated rings. The first-order valence-electron chi connectivity index (χ1n) is 7.33. The summed E-state index contributed by atoms with van der Waals surface area (Å²) in [5.74, 6) is 1.89. The van der Waals surface area contributed by atoms with Crippen molar-refractivity contribution in [3.63, 3.8) is 0 Å². The molecule has 4 heteroatoms. The number of para-hydroxylation sites is 1. The molecule has 3 rings (SSSR count). The molecule has 0 saturated heterocycles. The summed E-state index contributed by atoms with van der Waals surface area (Å²) in [6.45, 7) is 2.87. The molecular formula is C17H19NO2S. The smallest absolute Gasteiger partial charge is 0.240 e. The summed E-state index contributed by atoms with van der Waals surface area (Å²) in [5.41, 5.74) is 2.36. The molecule has 1 unspecified atom stereocenters. The van der Waals surface area contributed by atoms with E-state index in [9.17, 15) is 4.79 Å². The van der Waals surface area contributed by atoms with E-state index in [1.165, 1.54) is 5.56 Å². The van der Waals surface area contributed by atoms with Crippen LogP contribution in [0.3, 0.4) is 0 Å². The highest BCUT2D eigenvalue weighted by atomic mass is 32.2. The van der Waals surface area contributed by atoms with Gasteiger partial charge in [0.1, 0.15) is 5.76 Å². The van der Waals surface area contributed by atoms with Gasteiger partial charge in [-0.25, -0.2) is 0 Å². The van der Waals surface area contributed by atoms with Crippen molar-refractivity contribution in [2.24, 2.45) is 0 Å². The van der Waals surface area contributed by atoms with Gasteiger partial charge >= 0.3 is 0 Å². The average Bonchev–Trinajstić information content (AvgIpc) is 3.17. The van der Waals surface area contributed by atoms with Gasteiger partial charge in [-0.1, -0.05) is 25.1 Å². The van der Waals surface area contributed by atoms with Gasteiger partial charge in [0.05, 0.1) is 17.3 Å². The fourth-order valence-corrected chi connectivity index (χ4v) is 3.72. The highest BCUT2D eigenvalue weighted by Gasteiger charge is 2.29. The minimum absolute atomic E-state index is 0.0127. The molecule has 0 radical (unpaired) electrons. The molecule has 1 aliphatic rings. The number of thioether (sulfide) groups is 1. The first-order chi connectivity index (χ1) is 10.3. The summed E-state index contributed by atoms with van der Waals surface area (Å²) in [4.78, 5) is 14.7. The van der Waals surface area contributed by atoms with Crippen LogP contribution >= 0.6 is 11.8 Å². The van der Waals surface area contributed by atoms with Gasteiger partial charge in [-0.15, -0.1) is 11.8 Å². The van der Waals surface area contributed by atoms with Crippen LogP contribution in [0.5, 0.6) is 0 Å². The third-order valence-corrected chi connectivity index (χ3v) is 5.19. The van der Waals surface area contributed by atoms with E-state index >= 15 is 0 Å². The van der Waals surface area contributed by atoms with E-state index in [2.05, 4.69) is 13.0 Å². The maximum Gasteiger partial charge on any atom is 0.240 e. The van der Waals surface area contributed by atoms with Crippen LogP contribution in [-0.2, 0) is 17.0 Å². The summed E-state index contributed by atoms with van der Waals surface area (Å²) in [6.07, 6.45) is 3.47. The number of carbonyl (C=O) groups is 1. The van der Waals surface area contributed by atoms with Gasteiger partial charge in [0.15, 0.2) is 0 Å². The Morgan fingerprint density at radius 3 is 2.95 bits per heavy atom. The van der Waals surface area contributed by atoms with Crippen LogP contribution in [-0.4, -0.2) is 17.7 Å². The van der Waals surface area contributed by atoms with Gasteiger partial charge < -0.3 is 9.32 Å². The van der Waals surface area contributed by atoms with Gasteiger partial charge in [-0.2, -0.15) is 0 Å². The Balaban J connectivity index is 1.68. The normalized spacial score (nSPS) is 15.0. The highest BCUT2D eigenvalue weighted by molar-refractivity contribution is 7.99. The van der Waals surface area contributed by atoms with E-state index in [1.54, 1.807) is 18.0 Å². The monoisotopic (exact) mass is 301 g/mol. The van der Waals surface area contributed by atoms with Crippen molar-refractivity contribution in [3.8, 4) is 0 Å². The zero-order valence-electron chi connectivity index (χ0n) is 12.1. The number of benzene rings is 1. The Morgan fingerprint density at radius 1 is 1.33 bits per heavy atom. The average molecular weight is 301 g/mol. The molecule has 1 aromatic carbocycles. The minimum Gasteiger partial charge on any atom is -0.468 e. The number of hydrogen-bond acceptors (Lipinski definition) is 3. The van der Waals surface area contributed by atoms with Crippen LogP contribution in [0.1, 0.15) is 24.7 Å². The van der Waals surface area contributed by atoms with Crippen LogP contribution < -0.4 is 4.90 Å². The Bertz CT molecular complexity index is 609. The standard InChI is InChI=1S/C17H19NO2S/c1-2-16(21-12-14-7-5-11-20-14)17(19)18-10-9-13-6-3-4-8-15(13)18/h3-8,11,16H,2,9-10,12H2,1H3. The zero-order chi connectivity index (χ0) is 14.7. The molecule has 2 heterocycles. The third-order valence-electron chi connectivity index (χ3n) is 3.81. The van der Waals surface area contributed by atoms with E-state index in [1.807, 2.05) is 35.2 Å². The van der Waals surface area contributed by atoms with Gasteiger partial charge in [-0.05, 0) is 36.6 Å². The topological polar surface area (TPSA) is 33.5 Å². The fraction of sp³-hybridized carbons (Fsp3) is 0.353. The van der Waals surface area contributed by atoms with Crippen molar-refractivity contribution in [3.05, 3.63) is 54.0 Å². The van der Waals surface area contributed by atoms with Crippen molar-refractivity contribution in [2.45, 2.75) is 30.8 Å². The molecule has 0 saturated carbocycles. The van der Waals surface area contributed by atoms with Crippen molar-refractivity contribution >= 4 is 23.4 Å². The van der Waals surface area contributed by atoms with Crippen molar-refractivity contribution in [2.75, 3.05) is 11.4 Å².